The molecule has 0 bridgehead atoms. The van der Waals surface area contributed by atoms with Crippen LogP contribution < -0.4 is 0 Å². The molecule has 6 heteroatoms. The maximum Gasteiger partial charge on any atom is 0.336 e. The maximum atomic E-state index is 12.1. The smallest absolute Gasteiger partial charge is 0.336 e. The van der Waals surface area contributed by atoms with E-state index in [0.29, 0.717) is 22.3 Å². The van der Waals surface area contributed by atoms with Crippen LogP contribution in [0.25, 0.3) is 42.4 Å². The largest absolute Gasteiger partial charge is 0.478 e. The first kappa shape index (κ1) is 18.5. The Morgan fingerprint density at radius 1 is 0.600 bits per heavy atom. The Hall–Kier alpha value is -3.48. The second-order valence-electron chi connectivity index (χ2n) is 6.90. The third-order valence-electron chi connectivity index (χ3n) is 5.15. The number of hydrogen-bond donors (Lipinski definition) is 2. The number of aromatic carboxylic acids is 2. The van der Waals surface area contributed by atoms with Crippen LogP contribution >= 0.6 is 22.7 Å². The predicted molar refractivity (Wildman–Crippen MR) is 122 cm³/mol. The SMILES string of the molecule is O=C(O)c1cc(-c2ccc3ccsc3c2)c(C(=O)O)cc1-c1ccc2ccsc2c1. The lowest BCUT2D eigenvalue weighted by atomic mass is 9.90. The molecule has 2 N–H and O–H groups in total. The second kappa shape index (κ2) is 7.09. The zero-order valence-corrected chi connectivity index (χ0v) is 17.1. The molecule has 2 aromatic heterocycles. The first-order chi connectivity index (χ1) is 14.5. The summed E-state index contributed by atoms with van der Waals surface area (Å²) in [6.07, 6.45) is 0. The number of thiophene rings is 2. The molecular weight excluding hydrogens is 416 g/mol. The van der Waals surface area contributed by atoms with Crippen LogP contribution in [0.3, 0.4) is 0 Å². The van der Waals surface area contributed by atoms with Gasteiger partial charge < -0.3 is 10.2 Å². The van der Waals surface area contributed by atoms with Crippen molar-refractivity contribution in [2.45, 2.75) is 0 Å². The molecule has 0 saturated carbocycles. The van der Waals surface area contributed by atoms with Crippen LogP contribution in [0.1, 0.15) is 20.7 Å². The van der Waals surface area contributed by atoms with Crippen LogP contribution in [0, 0.1) is 0 Å². The van der Waals surface area contributed by atoms with Gasteiger partial charge in [0.15, 0.2) is 0 Å². The monoisotopic (exact) mass is 430 g/mol. The molecular formula is C24H14O4S2. The Bertz CT molecular complexity index is 1350. The van der Waals surface area contributed by atoms with E-state index in [1.807, 2.05) is 59.3 Å². The number of hydrogen-bond acceptors (Lipinski definition) is 4. The molecule has 5 rings (SSSR count). The molecule has 30 heavy (non-hydrogen) atoms. The fourth-order valence-corrected chi connectivity index (χ4v) is 5.33. The Morgan fingerprint density at radius 2 is 1.03 bits per heavy atom. The van der Waals surface area contributed by atoms with Gasteiger partial charge in [-0.15, -0.1) is 22.7 Å². The van der Waals surface area contributed by atoms with E-state index in [1.54, 1.807) is 22.7 Å². The minimum Gasteiger partial charge on any atom is -0.478 e. The molecule has 0 aliphatic heterocycles. The summed E-state index contributed by atoms with van der Waals surface area (Å²) >= 11 is 3.12. The minimum atomic E-state index is -1.09. The van der Waals surface area contributed by atoms with Gasteiger partial charge in [-0.05, 0) is 80.2 Å². The summed E-state index contributed by atoms with van der Waals surface area (Å²) in [7, 11) is 0. The lowest BCUT2D eigenvalue weighted by Crippen LogP contribution is -2.06. The van der Waals surface area contributed by atoms with Crippen molar-refractivity contribution in [2.24, 2.45) is 0 Å². The van der Waals surface area contributed by atoms with Gasteiger partial charge in [0.1, 0.15) is 0 Å². The highest BCUT2D eigenvalue weighted by Gasteiger charge is 2.21. The number of carboxylic acids is 2. The lowest BCUT2D eigenvalue weighted by molar-refractivity contribution is 0.0682. The zero-order chi connectivity index (χ0) is 20.8. The summed E-state index contributed by atoms with van der Waals surface area (Å²) < 4.78 is 2.04. The third-order valence-corrected chi connectivity index (χ3v) is 6.91. The van der Waals surface area contributed by atoms with Gasteiger partial charge in [-0.3, -0.25) is 0 Å². The molecule has 5 aromatic rings. The molecule has 0 fully saturated rings. The van der Waals surface area contributed by atoms with Gasteiger partial charge >= 0.3 is 11.9 Å². The van der Waals surface area contributed by atoms with E-state index in [2.05, 4.69) is 0 Å². The van der Waals surface area contributed by atoms with Crippen molar-refractivity contribution in [2.75, 3.05) is 0 Å². The van der Waals surface area contributed by atoms with E-state index < -0.39 is 11.9 Å². The molecule has 3 aromatic carbocycles. The van der Waals surface area contributed by atoms with Gasteiger partial charge in [0.25, 0.3) is 0 Å². The van der Waals surface area contributed by atoms with Crippen molar-refractivity contribution in [3.63, 3.8) is 0 Å². The van der Waals surface area contributed by atoms with E-state index in [0.717, 1.165) is 20.2 Å². The summed E-state index contributed by atoms with van der Waals surface area (Å²) in [5.74, 6) is -2.18. The highest BCUT2D eigenvalue weighted by molar-refractivity contribution is 7.17. The number of carboxylic acid groups (broad SMARTS) is 2. The normalized spacial score (nSPS) is 11.2. The fraction of sp³-hybridized carbons (Fsp3) is 0. The van der Waals surface area contributed by atoms with E-state index in [4.69, 9.17) is 0 Å². The van der Waals surface area contributed by atoms with Crippen LogP contribution in [0.15, 0.2) is 71.4 Å². The lowest BCUT2D eigenvalue weighted by Gasteiger charge is -2.13. The van der Waals surface area contributed by atoms with Crippen molar-refractivity contribution in [1.29, 1.82) is 0 Å². The van der Waals surface area contributed by atoms with E-state index in [1.165, 1.54) is 12.1 Å². The molecule has 146 valence electrons. The molecule has 0 amide bonds. The Morgan fingerprint density at radius 3 is 1.43 bits per heavy atom. The van der Waals surface area contributed by atoms with Crippen molar-refractivity contribution in [1.82, 2.24) is 0 Å². The highest BCUT2D eigenvalue weighted by atomic mass is 32.1. The summed E-state index contributed by atoms with van der Waals surface area (Å²) in [6.45, 7) is 0. The van der Waals surface area contributed by atoms with Gasteiger partial charge in [-0.25, -0.2) is 9.59 Å². The van der Waals surface area contributed by atoms with Crippen LogP contribution in [0.2, 0.25) is 0 Å². The molecule has 0 radical (unpaired) electrons. The van der Waals surface area contributed by atoms with Gasteiger partial charge in [0, 0.05) is 9.40 Å². The molecule has 0 aliphatic rings. The summed E-state index contributed by atoms with van der Waals surface area (Å²) in [5, 5.41) is 25.9. The van der Waals surface area contributed by atoms with Gasteiger partial charge in [0.2, 0.25) is 0 Å². The molecule has 0 spiro atoms. The standard InChI is InChI=1S/C24H14O4S2/c25-23(26)19-12-18(16-4-2-14-6-8-30-22(14)10-16)20(24(27)28)11-17(19)15-3-1-13-5-7-29-21(13)9-15/h1-12H,(H,25,26)(H,27,28). The Balaban J connectivity index is 1.77. The first-order valence-electron chi connectivity index (χ1n) is 9.11. The third kappa shape index (κ3) is 3.07. The average molecular weight is 431 g/mol. The fourth-order valence-electron chi connectivity index (χ4n) is 3.68. The highest BCUT2D eigenvalue weighted by Crippen LogP contribution is 2.36. The zero-order valence-electron chi connectivity index (χ0n) is 15.5. The first-order valence-corrected chi connectivity index (χ1v) is 10.9. The molecule has 0 atom stereocenters. The van der Waals surface area contributed by atoms with Gasteiger partial charge in [-0.1, -0.05) is 24.3 Å². The Kier molecular flexibility index (Phi) is 4.38. The van der Waals surface area contributed by atoms with Crippen molar-refractivity contribution >= 4 is 54.8 Å². The van der Waals surface area contributed by atoms with Crippen molar-refractivity contribution in [3.05, 3.63) is 82.6 Å². The van der Waals surface area contributed by atoms with Crippen molar-refractivity contribution in [3.8, 4) is 22.3 Å². The van der Waals surface area contributed by atoms with Gasteiger partial charge in [0.05, 0.1) is 11.1 Å². The van der Waals surface area contributed by atoms with E-state index in [9.17, 15) is 19.8 Å². The van der Waals surface area contributed by atoms with E-state index >= 15 is 0 Å². The number of benzene rings is 3. The Labute approximate surface area is 179 Å². The molecule has 2 heterocycles. The average Bonchev–Trinajstić information content (AvgIpc) is 3.40. The van der Waals surface area contributed by atoms with Crippen LogP contribution in [0.5, 0.6) is 0 Å². The molecule has 0 unspecified atom stereocenters. The predicted octanol–water partition coefficient (Wildman–Crippen LogP) is 6.85. The second-order valence-corrected chi connectivity index (χ2v) is 8.80. The number of fused-ring (bicyclic) bond motifs is 2. The molecule has 0 saturated heterocycles. The maximum absolute atomic E-state index is 12.1. The molecule has 0 aliphatic carbocycles. The minimum absolute atomic E-state index is 0.0807. The summed E-state index contributed by atoms with van der Waals surface area (Å²) in [6, 6.07) is 18.3. The summed E-state index contributed by atoms with van der Waals surface area (Å²) in [5.41, 5.74) is 2.33. The van der Waals surface area contributed by atoms with E-state index in [-0.39, 0.29) is 11.1 Å². The van der Waals surface area contributed by atoms with Crippen LogP contribution in [-0.2, 0) is 0 Å². The molecule has 4 nitrogen and oxygen atoms in total. The van der Waals surface area contributed by atoms with Gasteiger partial charge in [-0.2, -0.15) is 0 Å². The van der Waals surface area contributed by atoms with Crippen molar-refractivity contribution < 1.29 is 19.8 Å². The quantitative estimate of drug-likeness (QED) is 0.327. The van der Waals surface area contributed by atoms with Crippen LogP contribution in [-0.4, -0.2) is 22.2 Å². The number of carbonyl (C=O) groups is 2. The number of rotatable bonds is 4. The topological polar surface area (TPSA) is 74.6 Å². The van der Waals surface area contributed by atoms with Crippen LogP contribution in [0.4, 0.5) is 0 Å². The summed E-state index contributed by atoms with van der Waals surface area (Å²) in [4.78, 5) is 24.2.